The minimum Gasteiger partial charge on any atom is -0.352 e. The largest absolute Gasteiger partial charge is 0.352 e. The molecule has 1 aliphatic heterocycles. The minimum atomic E-state index is -0.400. The molecule has 0 bridgehead atoms. The third kappa shape index (κ3) is 3.99. The van der Waals surface area contributed by atoms with Gasteiger partial charge in [0.1, 0.15) is 5.82 Å². The maximum Gasteiger partial charge on any atom is 0.227 e. The van der Waals surface area contributed by atoms with Gasteiger partial charge in [-0.3, -0.25) is 9.59 Å². The Balaban J connectivity index is 1.63. The van der Waals surface area contributed by atoms with E-state index in [1.807, 2.05) is 6.92 Å². The van der Waals surface area contributed by atoms with Crippen LogP contribution < -0.4 is 10.2 Å². The standard InChI is InChI=1S/C19H18ClFN2O2/c1-12-8-15(20)4-7-17(12)23-11-14(9-18(23)24)19(25)22-10-13-2-5-16(21)6-3-13/h2-8,14H,9-11H2,1H3,(H,22,25). The summed E-state index contributed by atoms with van der Waals surface area (Å²) in [6.07, 6.45) is 0.178. The summed E-state index contributed by atoms with van der Waals surface area (Å²) in [5, 5.41) is 3.43. The van der Waals surface area contributed by atoms with E-state index in [4.69, 9.17) is 11.6 Å². The van der Waals surface area contributed by atoms with Crippen molar-refractivity contribution >= 4 is 29.1 Å². The summed E-state index contributed by atoms with van der Waals surface area (Å²) in [5.41, 5.74) is 2.49. The van der Waals surface area contributed by atoms with Crippen molar-refractivity contribution in [3.8, 4) is 0 Å². The third-order valence-electron chi connectivity index (χ3n) is 4.33. The van der Waals surface area contributed by atoms with E-state index >= 15 is 0 Å². The van der Waals surface area contributed by atoms with E-state index in [9.17, 15) is 14.0 Å². The number of rotatable bonds is 4. The molecule has 0 saturated carbocycles. The number of nitrogens with zero attached hydrogens (tertiary/aromatic N) is 1. The zero-order chi connectivity index (χ0) is 18.0. The number of anilines is 1. The van der Waals surface area contributed by atoms with Gasteiger partial charge in [0.25, 0.3) is 0 Å². The Hall–Kier alpha value is -2.40. The van der Waals surface area contributed by atoms with Crippen molar-refractivity contribution in [3.63, 3.8) is 0 Å². The molecule has 6 heteroatoms. The average Bonchev–Trinajstić information content (AvgIpc) is 2.96. The Kier molecular flexibility index (Phi) is 5.04. The highest BCUT2D eigenvalue weighted by Gasteiger charge is 2.35. The monoisotopic (exact) mass is 360 g/mol. The second-order valence-corrected chi connectivity index (χ2v) is 6.62. The quantitative estimate of drug-likeness (QED) is 0.907. The first-order valence-corrected chi connectivity index (χ1v) is 8.40. The molecular formula is C19H18ClFN2O2. The normalized spacial score (nSPS) is 17.0. The lowest BCUT2D eigenvalue weighted by molar-refractivity contribution is -0.126. The fourth-order valence-corrected chi connectivity index (χ4v) is 3.20. The SMILES string of the molecule is Cc1cc(Cl)ccc1N1CC(C(=O)NCc2ccc(F)cc2)CC1=O. The molecule has 4 nitrogen and oxygen atoms in total. The predicted molar refractivity (Wildman–Crippen MR) is 94.9 cm³/mol. The molecule has 1 aliphatic rings. The van der Waals surface area contributed by atoms with Crippen LogP contribution in [0.5, 0.6) is 0 Å². The highest BCUT2D eigenvalue weighted by Crippen LogP contribution is 2.29. The van der Waals surface area contributed by atoms with Crippen LogP contribution in [0.2, 0.25) is 5.02 Å². The summed E-state index contributed by atoms with van der Waals surface area (Å²) in [6, 6.07) is 11.3. The molecule has 130 valence electrons. The van der Waals surface area contributed by atoms with Crippen LogP contribution in [0.15, 0.2) is 42.5 Å². The summed E-state index contributed by atoms with van der Waals surface area (Å²) in [6.45, 7) is 2.54. The number of hydrogen-bond acceptors (Lipinski definition) is 2. The highest BCUT2D eigenvalue weighted by atomic mass is 35.5. The van der Waals surface area contributed by atoms with Crippen molar-refractivity contribution in [1.82, 2.24) is 5.32 Å². The molecule has 0 spiro atoms. The molecule has 0 aromatic heterocycles. The van der Waals surface area contributed by atoms with E-state index in [0.717, 1.165) is 16.8 Å². The Morgan fingerprint density at radius 3 is 2.68 bits per heavy atom. The Morgan fingerprint density at radius 2 is 2.00 bits per heavy atom. The van der Waals surface area contributed by atoms with Crippen LogP contribution in [0.4, 0.5) is 10.1 Å². The number of benzene rings is 2. The maximum atomic E-state index is 12.9. The fraction of sp³-hybridized carbons (Fsp3) is 0.263. The smallest absolute Gasteiger partial charge is 0.227 e. The van der Waals surface area contributed by atoms with Crippen LogP contribution in [0.3, 0.4) is 0 Å². The lowest BCUT2D eigenvalue weighted by Gasteiger charge is -2.19. The maximum absolute atomic E-state index is 12.9. The van der Waals surface area contributed by atoms with Gasteiger partial charge in [-0.1, -0.05) is 23.7 Å². The van der Waals surface area contributed by atoms with Crippen molar-refractivity contribution < 1.29 is 14.0 Å². The minimum absolute atomic E-state index is 0.0765. The van der Waals surface area contributed by atoms with Crippen molar-refractivity contribution in [3.05, 3.63) is 64.4 Å². The van der Waals surface area contributed by atoms with Gasteiger partial charge >= 0.3 is 0 Å². The zero-order valence-electron chi connectivity index (χ0n) is 13.8. The lowest BCUT2D eigenvalue weighted by Crippen LogP contribution is -2.32. The molecule has 2 aromatic carbocycles. The summed E-state index contributed by atoms with van der Waals surface area (Å²) in [4.78, 5) is 26.3. The van der Waals surface area contributed by atoms with Gasteiger partial charge in [-0.05, 0) is 48.4 Å². The van der Waals surface area contributed by atoms with E-state index in [0.29, 0.717) is 18.1 Å². The van der Waals surface area contributed by atoms with Gasteiger partial charge in [0, 0.05) is 30.2 Å². The van der Waals surface area contributed by atoms with Crippen molar-refractivity contribution in [2.45, 2.75) is 19.9 Å². The molecule has 1 saturated heterocycles. The van der Waals surface area contributed by atoms with Crippen molar-refractivity contribution in [1.29, 1.82) is 0 Å². The van der Waals surface area contributed by atoms with Crippen molar-refractivity contribution in [2.75, 3.05) is 11.4 Å². The van der Waals surface area contributed by atoms with E-state index in [1.54, 1.807) is 35.2 Å². The third-order valence-corrected chi connectivity index (χ3v) is 4.56. The van der Waals surface area contributed by atoms with Crippen LogP contribution in [-0.2, 0) is 16.1 Å². The molecule has 1 N–H and O–H groups in total. The first kappa shape index (κ1) is 17.4. The number of hydrogen-bond donors (Lipinski definition) is 1. The van der Waals surface area contributed by atoms with Gasteiger partial charge in [0.05, 0.1) is 5.92 Å². The van der Waals surface area contributed by atoms with Crippen LogP contribution in [0.1, 0.15) is 17.5 Å². The molecule has 1 fully saturated rings. The van der Waals surface area contributed by atoms with Crippen LogP contribution in [0, 0.1) is 18.7 Å². The molecule has 2 amide bonds. The number of nitrogens with one attached hydrogen (secondary N) is 1. The van der Waals surface area contributed by atoms with Gasteiger partial charge in [-0.25, -0.2) is 4.39 Å². The number of carbonyl (C=O) groups excluding carboxylic acids is 2. The Morgan fingerprint density at radius 1 is 1.28 bits per heavy atom. The number of aryl methyl sites for hydroxylation is 1. The van der Waals surface area contributed by atoms with Crippen molar-refractivity contribution in [2.24, 2.45) is 5.92 Å². The number of halogens is 2. The summed E-state index contributed by atoms with van der Waals surface area (Å²) in [5.74, 6) is -0.965. The topological polar surface area (TPSA) is 49.4 Å². The molecule has 3 rings (SSSR count). The molecule has 1 unspecified atom stereocenters. The second-order valence-electron chi connectivity index (χ2n) is 6.18. The molecule has 2 aromatic rings. The zero-order valence-corrected chi connectivity index (χ0v) is 14.5. The first-order valence-electron chi connectivity index (χ1n) is 8.02. The summed E-state index contributed by atoms with van der Waals surface area (Å²) < 4.78 is 12.9. The van der Waals surface area contributed by atoms with E-state index < -0.39 is 5.92 Å². The van der Waals surface area contributed by atoms with Gasteiger partial charge in [0.15, 0.2) is 0 Å². The molecule has 0 radical (unpaired) electrons. The number of carbonyl (C=O) groups is 2. The van der Waals surface area contributed by atoms with Crippen LogP contribution in [-0.4, -0.2) is 18.4 Å². The summed E-state index contributed by atoms with van der Waals surface area (Å²) >= 11 is 5.96. The first-order chi connectivity index (χ1) is 11.9. The second kappa shape index (κ2) is 7.23. The van der Waals surface area contributed by atoms with E-state index in [-0.39, 0.29) is 24.1 Å². The summed E-state index contributed by atoms with van der Waals surface area (Å²) in [7, 11) is 0. The van der Waals surface area contributed by atoms with Crippen LogP contribution >= 0.6 is 11.6 Å². The van der Waals surface area contributed by atoms with Gasteiger partial charge < -0.3 is 10.2 Å². The Labute approximate surface area is 150 Å². The van der Waals surface area contributed by atoms with Gasteiger partial charge in [0.2, 0.25) is 11.8 Å². The lowest BCUT2D eigenvalue weighted by atomic mass is 10.1. The fourth-order valence-electron chi connectivity index (χ4n) is 2.97. The molecule has 25 heavy (non-hydrogen) atoms. The average molecular weight is 361 g/mol. The number of amides is 2. The Bertz CT molecular complexity index is 808. The van der Waals surface area contributed by atoms with Gasteiger partial charge in [-0.15, -0.1) is 0 Å². The van der Waals surface area contributed by atoms with Crippen LogP contribution in [0.25, 0.3) is 0 Å². The predicted octanol–water partition coefficient (Wildman–Crippen LogP) is 3.46. The van der Waals surface area contributed by atoms with E-state index in [2.05, 4.69) is 5.32 Å². The highest BCUT2D eigenvalue weighted by molar-refractivity contribution is 6.30. The van der Waals surface area contributed by atoms with Gasteiger partial charge in [-0.2, -0.15) is 0 Å². The molecular weight excluding hydrogens is 343 g/mol. The molecule has 1 atom stereocenters. The molecule has 1 heterocycles. The molecule has 0 aliphatic carbocycles. The van der Waals surface area contributed by atoms with E-state index in [1.165, 1.54) is 12.1 Å².